The van der Waals surface area contributed by atoms with E-state index in [0.29, 0.717) is 24.4 Å². The highest BCUT2D eigenvalue weighted by molar-refractivity contribution is 7.89. The highest BCUT2D eigenvalue weighted by atomic mass is 32.2. The number of carboxylic acids is 1. The minimum absolute atomic E-state index is 0.111. The quantitative estimate of drug-likeness (QED) is 0.793. The molecule has 118 valence electrons. The first kappa shape index (κ1) is 15.9. The van der Waals surface area contributed by atoms with Crippen molar-refractivity contribution in [1.29, 1.82) is 0 Å². The average molecular weight is 317 g/mol. The summed E-state index contributed by atoms with van der Waals surface area (Å²) in [6, 6.07) is -0.767. The lowest BCUT2D eigenvalue weighted by molar-refractivity contribution is -0.147. The lowest BCUT2D eigenvalue weighted by atomic mass is 10.1. The molecule has 2 atom stereocenters. The fraction of sp³-hybridized carbons (Fsp3) is 0.667. The molecule has 1 aliphatic heterocycles. The third-order valence-electron chi connectivity index (χ3n) is 3.52. The number of ether oxygens (including phenoxy) is 1. The SMILES string of the molecule is CCn1nc(C)c(S(=O)(=O)N[C@@H]2CCO[C@@H]2C(=O)O)c1C. The largest absolute Gasteiger partial charge is 0.479 e. The number of aryl methyl sites for hydroxylation is 2. The smallest absolute Gasteiger partial charge is 0.334 e. The van der Waals surface area contributed by atoms with E-state index in [2.05, 4.69) is 9.82 Å². The lowest BCUT2D eigenvalue weighted by Crippen LogP contribution is -2.44. The topological polar surface area (TPSA) is 111 Å². The van der Waals surface area contributed by atoms with Crippen molar-refractivity contribution in [2.45, 2.75) is 50.8 Å². The van der Waals surface area contributed by atoms with Crippen LogP contribution < -0.4 is 4.72 Å². The first-order valence-electron chi connectivity index (χ1n) is 6.68. The van der Waals surface area contributed by atoms with Crippen molar-refractivity contribution in [2.24, 2.45) is 0 Å². The van der Waals surface area contributed by atoms with E-state index in [1.165, 1.54) is 0 Å². The number of rotatable bonds is 5. The molecule has 0 radical (unpaired) electrons. The summed E-state index contributed by atoms with van der Waals surface area (Å²) in [4.78, 5) is 11.2. The number of aliphatic carboxylic acids is 1. The molecule has 2 heterocycles. The van der Waals surface area contributed by atoms with Crippen LogP contribution in [0, 0.1) is 13.8 Å². The molecule has 0 bridgehead atoms. The van der Waals surface area contributed by atoms with Crippen LogP contribution in [0.4, 0.5) is 0 Å². The zero-order chi connectivity index (χ0) is 15.8. The Bertz CT molecular complexity index is 652. The van der Waals surface area contributed by atoms with E-state index in [9.17, 15) is 13.2 Å². The van der Waals surface area contributed by atoms with Gasteiger partial charge in [-0.2, -0.15) is 5.10 Å². The van der Waals surface area contributed by atoms with Crippen molar-refractivity contribution in [3.63, 3.8) is 0 Å². The molecule has 1 fully saturated rings. The van der Waals surface area contributed by atoms with Gasteiger partial charge in [0.05, 0.1) is 17.4 Å². The molecule has 0 amide bonds. The van der Waals surface area contributed by atoms with Crippen molar-refractivity contribution < 1.29 is 23.1 Å². The highest BCUT2D eigenvalue weighted by Gasteiger charge is 2.38. The monoisotopic (exact) mass is 317 g/mol. The van der Waals surface area contributed by atoms with E-state index >= 15 is 0 Å². The second-order valence-corrected chi connectivity index (χ2v) is 6.61. The zero-order valence-corrected chi connectivity index (χ0v) is 13.0. The molecule has 8 nitrogen and oxygen atoms in total. The Kier molecular flexibility index (Phi) is 4.35. The zero-order valence-electron chi connectivity index (χ0n) is 12.2. The van der Waals surface area contributed by atoms with Gasteiger partial charge in [-0.3, -0.25) is 4.68 Å². The van der Waals surface area contributed by atoms with Gasteiger partial charge in [-0.25, -0.2) is 17.9 Å². The predicted molar refractivity (Wildman–Crippen MR) is 73.5 cm³/mol. The summed E-state index contributed by atoms with van der Waals surface area (Å²) < 4.78 is 34.1. The van der Waals surface area contributed by atoms with Crippen molar-refractivity contribution in [1.82, 2.24) is 14.5 Å². The van der Waals surface area contributed by atoms with Crippen LogP contribution in [0.1, 0.15) is 24.7 Å². The normalized spacial score (nSPS) is 22.6. The Morgan fingerprint density at radius 3 is 2.71 bits per heavy atom. The minimum Gasteiger partial charge on any atom is -0.479 e. The van der Waals surface area contributed by atoms with Crippen LogP contribution in [0.25, 0.3) is 0 Å². The van der Waals surface area contributed by atoms with E-state index in [0.717, 1.165) is 0 Å². The van der Waals surface area contributed by atoms with Gasteiger partial charge in [0.1, 0.15) is 4.90 Å². The van der Waals surface area contributed by atoms with Crippen LogP contribution in [0.2, 0.25) is 0 Å². The highest BCUT2D eigenvalue weighted by Crippen LogP contribution is 2.22. The molecule has 1 saturated heterocycles. The van der Waals surface area contributed by atoms with Crippen LogP contribution in [-0.2, 0) is 26.1 Å². The fourth-order valence-corrected chi connectivity index (χ4v) is 4.27. The molecule has 9 heteroatoms. The second kappa shape index (κ2) is 5.74. The van der Waals surface area contributed by atoms with Gasteiger partial charge in [0, 0.05) is 13.2 Å². The molecule has 0 aromatic carbocycles. The average Bonchev–Trinajstić information content (AvgIpc) is 2.93. The van der Waals surface area contributed by atoms with E-state index in [1.807, 2.05) is 6.92 Å². The Labute approximate surface area is 123 Å². The molecule has 2 rings (SSSR count). The molecule has 2 N–H and O–H groups in total. The maximum Gasteiger partial charge on any atom is 0.334 e. The summed E-state index contributed by atoms with van der Waals surface area (Å²) >= 11 is 0. The summed E-state index contributed by atoms with van der Waals surface area (Å²) in [7, 11) is -3.84. The lowest BCUT2D eigenvalue weighted by Gasteiger charge is -2.16. The third-order valence-corrected chi connectivity index (χ3v) is 5.27. The number of hydrogen-bond donors (Lipinski definition) is 2. The Morgan fingerprint density at radius 1 is 1.52 bits per heavy atom. The maximum absolute atomic E-state index is 12.5. The molecule has 21 heavy (non-hydrogen) atoms. The van der Waals surface area contributed by atoms with Crippen molar-refractivity contribution in [3.05, 3.63) is 11.4 Å². The summed E-state index contributed by atoms with van der Waals surface area (Å²) in [6.45, 7) is 5.95. The van der Waals surface area contributed by atoms with Gasteiger partial charge < -0.3 is 9.84 Å². The van der Waals surface area contributed by atoms with Gasteiger partial charge in [-0.1, -0.05) is 0 Å². The van der Waals surface area contributed by atoms with Crippen LogP contribution in [0.15, 0.2) is 4.90 Å². The van der Waals surface area contributed by atoms with Crippen molar-refractivity contribution in [3.8, 4) is 0 Å². The van der Waals surface area contributed by atoms with Crippen LogP contribution in [-0.4, -0.2) is 48.0 Å². The van der Waals surface area contributed by atoms with Crippen LogP contribution in [0.3, 0.4) is 0 Å². The molecule has 0 unspecified atom stereocenters. The number of nitrogens with one attached hydrogen (secondary N) is 1. The van der Waals surface area contributed by atoms with Gasteiger partial charge in [0.2, 0.25) is 10.0 Å². The predicted octanol–water partition coefficient (Wildman–Crippen LogP) is 0.0402. The summed E-state index contributed by atoms with van der Waals surface area (Å²) in [5.74, 6) is -1.17. The first-order valence-corrected chi connectivity index (χ1v) is 8.17. The Balaban J connectivity index is 2.31. The van der Waals surface area contributed by atoms with Gasteiger partial charge in [0.15, 0.2) is 6.10 Å². The second-order valence-electron chi connectivity index (χ2n) is 4.96. The molecule has 0 saturated carbocycles. The molecule has 1 aromatic rings. The van der Waals surface area contributed by atoms with E-state index in [4.69, 9.17) is 9.84 Å². The molecule has 0 spiro atoms. The summed E-state index contributed by atoms with van der Waals surface area (Å²) in [5, 5.41) is 13.2. The fourth-order valence-electron chi connectivity index (χ4n) is 2.59. The molecular formula is C12H19N3O5S. The number of sulfonamides is 1. The van der Waals surface area contributed by atoms with E-state index < -0.39 is 28.1 Å². The van der Waals surface area contributed by atoms with Gasteiger partial charge in [0.25, 0.3) is 0 Å². The summed E-state index contributed by atoms with van der Waals surface area (Å²) in [5.41, 5.74) is 0.931. The van der Waals surface area contributed by atoms with E-state index in [1.54, 1.807) is 18.5 Å². The molecule has 1 aliphatic rings. The maximum atomic E-state index is 12.5. The van der Waals surface area contributed by atoms with Crippen molar-refractivity contribution >= 4 is 16.0 Å². The van der Waals surface area contributed by atoms with E-state index in [-0.39, 0.29) is 11.5 Å². The standard InChI is InChI=1S/C12H19N3O5S/c1-4-15-8(3)11(7(2)13-15)21(18,19)14-9-5-6-20-10(9)12(16)17/h9-10,14H,4-6H2,1-3H3,(H,16,17)/t9-,10+/m1/s1. The van der Waals surface area contributed by atoms with Crippen molar-refractivity contribution in [2.75, 3.05) is 6.61 Å². The number of aromatic nitrogens is 2. The van der Waals surface area contributed by atoms with Gasteiger partial charge in [-0.05, 0) is 27.2 Å². The number of hydrogen-bond acceptors (Lipinski definition) is 5. The molecule has 0 aliphatic carbocycles. The summed E-state index contributed by atoms with van der Waals surface area (Å²) in [6.07, 6.45) is -0.822. The van der Waals surface area contributed by atoms with Crippen LogP contribution in [0.5, 0.6) is 0 Å². The molecular weight excluding hydrogens is 298 g/mol. The van der Waals surface area contributed by atoms with Crippen LogP contribution >= 0.6 is 0 Å². The first-order chi connectivity index (χ1) is 9.77. The third kappa shape index (κ3) is 2.94. The van der Waals surface area contributed by atoms with Gasteiger partial charge in [-0.15, -0.1) is 0 Å². The molecule has 1 aromatic heterocycles. The Morgan fingerprint density at radius 2 is 2.19 bits per heavy atom. The minimum atomic E-state index is -3.84. The number of carboxylic acid groups (broad SMARTS) is 1. The van der Waals surface area contributed by atoms with Gasteiger partial charge >= 0.3 is 5.97 Å². The number of carbonyl (C=O) groups is 1. The Hall–Kier alpha value is -1.45. The number of nitrogens with zero attached hydrogens (tertiary/aromatic N) is 2.